The molecule has 0 bridgehead atoms. The zero-order valence-electron chi connectivity index (χ0n) is 10.1. The van der Waals surface area contributed by atoms with Crippen molar-refractivity contribution in [3.63, 3.8) is 0 Å². The fraction of sp³-hybridized carbons (Fsp3) is 0.500. The monoisotopic (exact) mass is 287 g/mol. The van der Waals surface area contributed by atoms with Crippen molar-refractivity contribution in [2.45, 2.75) is 12.6 Å². The largest absolute Gasteiger partial charge is 0.380 e. The van der Waals surface area contributed by atoms with Gasteiger partial charge in [0, 0.05) is 6.54 Å². The lowest BCUT2D eigenvalue weighted by Crippen LogP contribution is -2.21. The predicted molar refractivity (Wildman–Crippen MR) is 69.8 cm³/mol. The van der Waals surface area contributed by atoms with Crippen LogP contribution in [0.15, 0.2) is 12.4 Å². The first-order valence-electron chi connectivity index (χ1n) is 5.41. The Labute approximate surface area is 114 Å². The molecule has 6 nitrogen and oxygen atoms in total. The number of aliphatic hydroxyl groups is 1. The topological polar surface area (TPSA) is 67.1 Å². The van der Waals surface area contributed by atoms with Gasteiger partial charge in [-0.2, -0.15) is 13.8 Å². The van der Waals surface area contributed by atoms with Crippen molar-refractivity contribution >= 4 is 23.3 Å². The molecule has 0 radical (unpaired) electrons. The first kappa shape index (κ1) is 13.4. The molecule has 0 saturated heterocycles. The summed E-state index contributed by atoms with van der Waals surface area (Å²) in [6, 6.07) is 0. The van der Waals surface area contributed by atoms with Crippen LogP contribution in [0.2, 0.25) is 5.02 Å². The third-order valence-electron chi connectivity index (χ3n) is 2.51. The molecular formula is C10H14ClN5OS. The SMILES string of the molecule is CN(C)CCn1ncc(Cl)c1C(O)c1cnsn1. The molecule has 8 heteroatoms. The number of nitrogens with zero attached hydrogens (tertiary/aromatic N) is 5. The molecule has 2 aromatic rings. The zero-order chi connectivity index (χ0) is 13.1. The molecule has 1 unspecified atom stereocenters. The lowest BCUT2D eigenvalue weighted by molar-refractivity contribution is 0.202. The average Bonchev–Trinajstić information content (AvgIpc) is 2.94. The number of rotatable bonds is 5. The average molecular weight is 288 g/mol. The van der Waals surface area contributed by atoms with Gasteiger partial charge in [0.1, 0.15) is 11.8 Å². The molecule has 2 rings (SSSR count). The van der Waals surface area contributed by atoms with Crippen LogP contribution in [0.5, 0.6) is 0 Å². The summed E-state index contributed by atoms with van der Waals surface area (Å²) in [5, 5.41) is 14.9. The second kappa shape index (κ2) is 5.75. The van der Waals surface area contributed by atoms with Crippen LogP contribution in [0.1, 0.15) is 17.5 Å². The molecule has 98 valence electrons. The van der Waals surface area contributed by atoms with Crippen LogP contribution in [0.3, 0.4) is 0 Å². The summed E-state index contributed by atoms with van der Waals surface area (Å²) in [6.07, 6.45) is 2.19. The first-order chi connectivity index (χ1) is 8.59. The number of aliphatic hydroxyl groups excluding tert-OH is 1. The normalized spacial score (nSPS) is 13.2. The standard InChI is InChI=1S/C10H14ClN5OS/c1-15(2)3-4-16-9(7(11)5-12-16)10(17)8-6-13-18-14-8/h5-6,10,17H,3-4H2,1-2H3. The van der Waals surface area contributed by atoms with Gasteiger partial charge >= 0.3 is 0 Å². The van der Waals surface area contributed by atoms with Gasteiger partial charge in [-0.15, -0.1) is 0 Å². The molecule has 1 atom stereocenters. The van der Waals surface area contributed by atoms with E-state index in [1.54, 1.807) is 4.68 Å². The fourth-order valence-corrected chi connectivity index (χ4v) is 2.24. The van der Waals surface area contributed by atoms with Gasteiger partial charge in [-0.05, 0) is 14.1 Å². The molecule has 0 aromatic carbocycles. The molecule has 0 amide bonds. The van der Waals surface area contributed by atoms with Gasteiger partial charge in [0.25, 0.3) is 0 Å². The number of likely N-dealkylation sites (N-methyl/N-ethyl adjacent to an activating group) is 1. The van der Waals surface area contributed by atoms with Crippen LogP contribution in [0.4, 0.5) is 0 Å². The molecule has 2 heterocycles. The van der Waals surface area contributed by atoms with Crippen LogP contribution in [-0.4, -0.2) is 49.2 Å². The van der Waals surface area contributed by atoms with Gasteiger partial charge in [0.15, 0.2) is 0 Å². The highest BCUT2D eigenvalue weighted by Gasteiger charge is 2.21. The minimum atomic E-state index is -0.888. The Morgan fingerprint density at radius 3 is 2.89 bits per heavy atom. The quantitative estimate of drug-likeness (QED) is 0.890. The molecular weight excluding hydrogens is 274 g/mol. The van der Waals surface area contributed by atoms with Crippen LogP contribution < -0.4 is 0 Å². The first-order valence-corrected chi connectivity index (χ1v) is 6.52. The van der Waals surface area contributed by atoms with Crippen molar-refractivity contribution in [2.75, 3.05) is 20.6 Å². The minimum absolute atomic E-state index is 0.439. The molecule has 0 aliphatic heterocycles. The maximum atomic E-state index is 10.2. The summed E-state index contributed by atoms with van der Waals surface area (Å²) in [5.74, 6) is 0. The lowest BCUT2D eigenvalue weighted by Gasteiger charge is -2.14. The Morgan fingerprint density at radius 1 is 1.50 bits per heavy atom. The van der Waals surface area contributed by atoms with Gasteiger partial charge in [-0.25, -0.2) is 0 Å². The van der Waals surface area contributed by atoms with E-state index in [2.05, 4.69) is 13.8 Å². The Kier molecular flexibility index (Phi) is 4.28. The molecule has 0 saturated carbocycles. The van der Waals surface area contributed by atoms with Crippen LogP contribution >= 0.6 is 23.3 Å². The summed E-state index contributed by atoms with van der Waals surface area (Å²) in [6.45, 7) is 1.47. The highest BCUT2D eigenvalue weighted by Crippen LogP contribution is 2.27. The number of halogens is 1. The second-order valence-electron chi connectivity index (χ2n) is 4.14. The van der Waals surface area contributed by atoms with Crippen molar-refractivity contribution in [3.05, 3.63) is 28.8 Å². The van der Waals surface area contributed by atoms with E-state index in [1.807, 2.05) is 19.0 Å². The molecule has 0 fully saturated rings. The second-order valence-corrected chi connectivity index (χ2v) is 5.10. The van der Waals surface area contributed by atoms with E-state index in [9.17, 15) is 5.11 Å². The van der Waals surface area contributed by atoms with Crippen LogP contribution in [-0.2, 0) is 6.54 Å². The van der Waals surface area contributed by atoms with Gasteiger partial charge in [-0.1, -0.05) is 11.6 Å². The molecule has 2 aromatic heterocycles. The summed E-state index contributed by atoms with van der Waals surface area (Å²) in [4.78, 5) is 2.04. The van der Waals surface area contributed by atoms with Crippen LogP contribution in [0.25, 0.3) is 0 Å². The lowest BCUT2D eigenvalue weighted by atomic mass is 10.2. The smallest absolute Gasteiger partial charge is 0.142 e. The maximum absolute atomic E-state index is 10.2. The Balaban J connectivity index is 2.23. The van der Waals surface area contributed by atoms with Crippen molar-refractivity contribution in [1.82, 2.24) is 23.4 Å². The third kappa shape index (κ3) is 2.86. The van der Waals surface area contributed by atoms with Crippen molar-refractivity contribution in [1.29, 1.82) is 0 Å². The summed E-state index contributed by atoms with van der Waals surface area (Å²) in [5.41, 5.74) is 1.06. The maximum Gasteiger partial charge on any atom is 0.142 e. The minimum Gasteiger partial charge on any atom is -0.380 e. The van der Waals surface area contributed by atoms with E-state index in [1.165, 1.54) is 12.4 Å². The van der Waals surface area contributed by atoms with Crippen molar-refractivity contribution in [3.8, 4) is 0 Å². The van der Waals surface area contributed by atoms with E-state index in [-0.39, 0.29) is 0 Å². The van der Waals surface area contributed by atoms with Gasteiger partial charge < -0.3 is 10.0 Å². The Bertz CT molecular complexity index is 498. The Hall–Kier alpha value is -1.02. The number of hydrogen-bond donors (Lipinski definition) is 1. The van der Waals surface area contributed by atoms with E-state index in [0.717, 1.165) is 18.3 Å². The van der Waals surface area contributed by atoms with Crippen molar-refractivity contribution in [2.24, 2.45) is 0 Å². The number of hydrogen-bond acceptors (Lipinski definition) is 6. The highest BCUT2D eigenvalue weighted by atomic mass is 35.5. The molecule has 0 aliphatic rings. The van der Waals surface area contributed by atoms with Crippen molar-refractivity contribution < 1.29 is 5.11 Å². The predicted octanol–water partition coefficient (Wildman–Crippen LogP) is 1.03. The van der Waals surface area contributed by atoms with E-state index in [4.69, 9.17) is 11.6 Å². The van der Waals surface area contributed by atoms with Gasteiger partial charge in [-0.3, -0.25) is 4.68 Å². The summed E-state index contributed by atoms with van der Waals surface area (Å²) >= 11 is 7.12. The van der Waals surface area contributed by atoms with Gasteiger partial charge in [0.05, 0.1) is 41.4 Å². The fourth-order valence-electron chi connectivity index (χ4n) is 1.55. The summed E-state index contributed by atoms with van der Waals surface area (Å²) < 4.78 is 9.60. The van der Waals surface area contributed by atoms with E-state index >= 15 is 0 Å². The molecule has 18 heavy (non-hydrogen) atoms. The summed E-state index contributed by atoms with van der Waals surface area (Å²) in [7, 11) is 3.96. The molecule has 1 N–H and O–H groups in total. The van der Waals surface area contributed by atoms with E-state index in [0.29, 0.717) is 23.0 Å². The molecule has 0 spiro atoms. The van der Waals surface area contributed by atoms with Gasteiger partial charge in [0.2, 0.25) is 0 Å². The van der Waals surface area contributed by atoms with E-state index < -0.39 is 6.10 Å². The van der Waals surface area contributed by atoms with Crippen LogP contribution in [0, 0.1) is 0 Å². The molecule has 0 aliphatic carbocycles. The zero-order valence-corrected chi connectivity index (χ0v) is 11.7. The Morgan fingerprint density at radius 2 is 2.28 bits per heavy atom. The highest BCUT2D eigenvalue weighted by molar-refractivity contribution is 6.99. The number of aromatic nitrogens is 4. The third-order valence-corrected chi connectivity index (χ3v) is 3.29.